The van der Waals surface area contributed by atoms with Gasteiger partial charge in [-0.1, -0.05) is 33.6 Å². The number of Topliss-reactive ketones (excluding diaryl/α,β-unsaturated/α-hetero) is 2. The van der Waals surface area contributed by atoms with Gasteiger partial charge in [0.1, 0.15) is 5.76 Å². The molecule has 0 saturated heterocycles. The van der Waals surface area contributed by atoms with Gasteiger partial charge in [0.05, 0.1) is 5.57 Å². The molecule has 1 aliphatic carbocycles. The van der Waals surface area contributed by atoms with Gasteiger partial charge in [-0.15, -0.1) is 0 Å². The van der Waals surface area contributed by atoms with Gasteiger partial charge in [-0.3, -0.25) is 9.59 Å². The number of carbonyl (C=O) groups is 2. The topological polar surface area (TPSA) is 54.4 Å². The Balaban J connectivity index is 2.79. The standard InChI is InChI=1S/C14H22O3/c1-4-5-6-7-10(15)13-11(16)8-14(2,3)9-12(13)17/h15H,4-9H2,1-3H3. The maximum absolute atomic E-state index is 11.9. The average Bonchev–Trinajstić information content (AvgIpc) is 2.14. The summed E-state index contributed by atoms with van der Waals surface area (Å²) >= 11 is 0. The molecular weight excluding hydrogens is 216 g/mol. The van der Waals surface area contributed by atoms with E-state index in [0.29, 0.717) is 19.3 Å². The molecule has 1 fully saturated rings. The van der Waals surface area contributed by atoms with Crippen LogP contribution in [0.1, 0.15) is 59.3 Å². The fraction of sp³-hybridized carbons (Fsp3) is 0.714. The number of hydrogen-bond donors (Lipinski definition) is 1. The van der Waals surface area contributed by atoms with Crippen molar-refractivity contribution in [3.8, 4) is 0 Å². The number of rotatable bonds is 4. The van der Waals surface area contributed by atoms with Gasteiger partial charge in [-0.25, -0.2) is 0 Å². The minimum Gasteiger partial charge on any atom is -0.511 e. The van der Waals surface area contributed by atoms with Crippen molar-refractivity contribution in [1.29, 1.82) is 0 Å². The number of aliphatic hydroxyl groups is 1. The molecule has 1 aliphatic rings. The van der Waals surface area contributed by atoms with E-state index in [1.54, 1.807) is 0 Å². The highest BCUT2D eigenvalue weighted by Gasteiger charge is 2.37. The van der Waals surface area contributed by atoms with Crippen molar-refractivity contribution < 1.29 is 14.7 Å². The number of unbranched alkanes of at least 4 members (excludes halogenated alkanes) is 2. The summed E-state index contributed by atoms with van der Waals surface area (Å²) in [5, 5.41) is 9.85. The van der Waals surface area contributed by atoms with Crippen molar-refractivity contribution in [3.63, 3.8) is 0 Å². The van der Waals surface area contributed by atoms with Crippen molar-refractivity contribution in [2.75, 3.05) is 0 Å². The van der Waals surface area contributed by atoms with E-state index in [4.69, 9.17) is 0 Å². The van der Waals surface area contributed by atoms with E-state index in [1.807, 2.05) is 13.8 Å². The van der Waals surface area contributed by atoms with Crippen molar-refractivity contribution >= 4 is 11.6 Å². The first-order valence-corrected chi connectivity index (χ1v) is 6.36. The minimum absolute atomic E-state index is 0.00366. The molecule has 0 atom stereocenters. The Morgan fingerprint density at radius 1 is 1.18 bits per heavy atom. The summed E-state index contributed by atoms with van der Waals surface area (Å²) in [5.41, 5.74) is -0.193. The van der Waals surface area contributed by atoms with Gasteiger partial charge in [0.15, 0.2) is 11.6 Å². The highest BCUT2D eigenvalue weighted by Crippen LogP contribution is 2.34. The molecule has 0 aromatic carbocycles. The number of allylic oxidation sites excluding steroid dienone is 2. The van der Waals surface area contributed by atoms with Gasteiger partial charge in [-0.05, 0) is 11.8 Å². The van der Waals surface area contributed by atoms with Crippen LogP contribution in [0.5, 0.6) is 0 Å². The first kappa shape index (κ1) is 13.9. The first-order chi connectivity index (χ1) is 7.87. The Labute approximate surface area is 103 Å². The third-order valence-corrected chi connectivity index (χ3v) is 3.14. The molecule has 0 aromatic heterocycles. The van der Waals surface area contributed by atoms with Gasteiger partial charge < -0.3 is 5.11 Å². The molecule has 1 rings (SSSR count). The van der Waals surface area contributed by atoms with Crippen molar-refractivity contribution in [2.24, 2.45) is 5.41 Å². The summed E-state index contributed by atoms with van der Waals surface area (Å²) in [6, 6.07) is 0. The van der Waals surface area contributed by atoms with Crippen LogP contribution >= 0.6 is 0 Å². The molecule has 1 N–H and O–H groups in total. The molecule has 0 amide bonds. The smallest absolute Gasteiger partial charge is 0.170 e. The highest BCUT2D eigenvalue weighted by molar-refractivity contribution is 6.22. The van der Waals surface area contributed by atoms with Crippen molar-refractivity contribution in [1.82, 2.24) is 0 Å². The number of ketones is 2. The van der Waals surface area contributed by atoms with E-state index in [2.05, 4.69) is 6.92 Å². The van der Waals surface area contributed by atoms with Crippen LogP contribution < -0.4 is 0 Å². The molecule has 0 radical (unpaired) electrons. The fourth-order valence-electron chi connectivity index (χ4n) is 2.25. The van der Waals surface area contributed by atoms with Gasteiger partial charge >= 0.3 is 0 Å². The van der Waals surface area contributed by atoms with E-state index in [0.717, 1.165) is 19.3 Å². The van der Waals surface area contributed by atoms with Crippen molar-refractivity contribution in [2.45, 2.75) is 59.3 Å². The Morgan fingerprint density at radius 3 is 2.18 bits per heavy atom. The molecule has 3 heteroatoms. The maximum atomic E-state index is 11.9. The Morgan fingerprint density at radius 2 is 1.71 bits per heavy atom. The fourth-order valence-corrected chi connectivity index (χ4v) is 2.25. The maximum Gasteiger partial charge on any atom is 0.170 e. The van der Waals surface area contributed by atoms with E-state index in [1.165, 1.54) is 0 Å². The van der Waals surface area contributed by atoms with Crippen LogP contribution in [0.15, 0.2) is 11.3 Å². The van der Waals surface area contributed by atoms with E-state index >= 15 is 0 Å². The number of hydrogen-bond acceptors (Lipinski definition) is 3. The predicted molar refractivity (Wildman–Crippen MR) is 66.8 cm³/mol. The van der Waals surface area contributed by atoms with E-state index in [9.17, 15) is 14.7 Å². The molecule has 96 valence electrons. The SMILES string of the molecule is CCCCCC(O)=C1C(=O)CC(C)(C)CC1=O. The summed E-state index contributed by atoms with van der Waals surface area (Å²) in [6.45, 7) is 5.89. The molecule has 0 heterocycles. The number of aliphatic hydroxyl groups excluding tert-OH is 1. The zero-order valence-corrected chi connectivity index (χ0v) is 11.0. The Hall–Kier alpha value is -1.12. The lowest BCUT2D eigenvalue weighted by Gasteiger charge is -2.28. The monoisotopic (exact) mass is 238 g/mol. The summed E-state index contributed by atoms with van der Waals surface area (Å²) in [5.74, 6) is -0.385. The van der Waals surface area contributed by atoms with E-state index < -0.39 is 0 Å². The van der Waals surface area contributed by atoms with Crippen LogP contribution in [0.2, 0.25) is 0 Å². The molecule has 0 spiro atoms. The Kier molecular flexibility index (Phi) is 4.49. The second-order valence-electron chi connectivity index (χ2n) is 5.64. The molecule has 0 aromatic rings. The van der Waals surface area contributed by atoms with Crippen molar-refractivity contribution in [3.05, 3.63) is 11.3 Å². The third-order valence-electron chi connectivity index (χ3n) is 3.14. The second-order valence-corrected chi connectivity index (χ2v) is 5.64. The van der Waals surface area contributed by atoms with Crippen LogP contribution in [-0.2, 0) is 9.59 Å². The summed E-state index contributed by atoms with van der Waals surface area (Å²) < 4.78 is 0. The summed E-state index contributed by atoms with van der Waals surface area (Å²) in [4.78, 5) is 23.7. The largest absolute Gasteiger partial charge is 0.511 e. The molecule has 1 saturated carbocycles. The normalized spacial score (nSPS) is 19.6. The summed E-state index contributed by atoms with van der Waals surface area (Å²) in [6.07, 6.45) is 4.04. The highest BCUT2D eigenvalue weighted by atomic mass is 16.3. The second kappa shape index (κ2) is 5.48. The van der Waals surface area contributed by atoms with E-state index in [-0.39, 0.29) is 28.3 Å². The van der Waals surface area contributed by atoms with Crippen LogP contribution in [0.25, 0.3) is 0 Å². The lowest BCUT2D eigenvalue weighted by molar-refractivity contribution is -0.127. The molecule has 0 bridgehead atoms. The molecule has 3 nitrogen and oxygen atoms in total. The quantitative estimate of drug-likeness (QED) is 0.354. The third kappa shape index (κ3) is 3.69. The van der Waals surface area contributed by atoms with Gasteiger partial charge in [0.25, 0.3) is 0 Å². The zero-order chi connectivity index (χ0) is 13.1. The summed E-state index contributed by atoms with van der Waals surface area (Å²) in [7, 11) is 0. The van der Waals surface area contributed by atoms with Gasteiger partial charge in [0, 0.05) is 19.3 Å². The molecule has 0 unspecified atom stereocenters. The molecular formula is C14H22O3. The molecule has 0 aliphatic heterocycles. The lowest BCUT2D eigenvalue weighted by Crippen LogP contribution is -2.32. The van der Waals surface area contributed by atoms with Gasteiger partial charge in [-0.2, -0.15) is 0 Å². The lowest BCUT2D eigenvalue weighted by atomic mass is 9.73. The van der Waals surface area contributed by atoms with Crippen LogP contribution in [0.4, 0.5) is 0 Å². The predicted octanol–water partition coefficient (Wildman–Crippen LogP) is 3.34. The van der Waals surface area contributed by atoms with Crippen LogP contribution in [0.3, 0.4) is 0 Å². The van der Waals surface area contributed by atoms with Crippen LogP contribution in [0, 0.1) is 5.41 Å². The number of carbonyl (C=O) groups excluding carboxylic acids is 2. The van der Waals surface area contributed by atoms with Gasteiger partial charge in [0.2, 0.25) is 0 Å². The zero-order valence-electron chi connectivity index (χ0n) is 11.0. The van der Waals surface area contributed by atoms with Crippen LogP contribution in [-0.4, -0.2) is 16.7 Å². The average molecular weight is 238 g/mol. The Bertz CT molecular complexity index is 328. The minimum atomic E-state index is -0.263. The molecule has 17 heavy (non-hydrogen) atoms. The first-order valence-electron chi connectivity index (χ1n) is 6.36.